The number of thiophene rings is 1. The maximum absolute atomic E-state index is 13.4. The van der Waals surface area contributed by atoms with Crippen molar-refractivity contribution >= 4 is 11.3 Å². The van der Waals surface area contributed by atoms with Crippen LogP contribution in [0, 0.1) is 5.82 Å². The van der Waals surface area contributed by atoms with Gasteiger partial charge in [0, 0.05) is 30.1 Å². The lowest BCUT2D eigenvalue weighted by atomic mass is 10.1. The lowest BCUT2D eigenvalue weighted by Gasteiger charge is -2.20. The lowest BCUT2D eigenvalue weighted by Crippen LogP contribution is -2.22. The SMILES string of the molecule is CCN(Cc1ccc(F)c(CN)c1)Cc1cccs1. The minimum Gasteiger partial charge on any atom is -0.326 e. The molecule has 0 aliphatic heterocycles. The van der Waals surface area contributed by atoms with Gasteiger partial charge in [-0.25, -0.2) is 4.39 Å². The fraction of sp³-hybridized carbons (Fsp3) is 0.333. The van der Waals surface area contributed by atoms with Gasteiger partial charge in [0.15, 0.2) is 0 Å². The van der Waals surface area contributed by atoms with E-state index >= 15 is 0 Å². The van der Waals surface area contributed by atoms with Gasteiger partial charge >= 0.3 is 0 Å². The molecule has 0 spiro atoms. The van der Waals surface area contributed by atoms with E-state index in [1.54, 1.807) is 11.3 Å². The quantitative estimate of drug-likeness (QED) is 0.878. The van der Waals surface area contributed by atoms with Gasteiger partial charge in [0.05, 0.1) is 0 Å². The second-order valence-corrected chi connectivity index (χ2v) is 5.54. The second kappa shape index (κ2) is 6.80. The third-order valence-corrected chi connectivity index (χ3v) is 4.00. The summed E-state index contributed by atoms with van der Waals surface area (Å²) in [5.74, 6) is -0.215. The Labute approximate surface area is 117 Å². The van der Waals surface area contributed by atoms with E-state index in [0.717, 1.165) is 25.2 Å². The predicted molar refractivity (Wildman–Crippen MR) is 78.4 cm³/mol. The number of nitrogens with two attached hydrogens (primary N) is 1. The van der Waals surface area contributed by atoms with Gasteiger partial charge in [-0.05, 0) is 29.6 Å². The maximum atomic E-state index is 13.4. The van der Waals surface area contributed by atoms with Crippen LogP contribution in [0.25, 0.3) is 0 Å². The molecule has 4 heteroatoms. The molecule has 0 aliphatic carbocycles. The Hall–Kier alpha value is -1.23. The zero-order valence-electron chi connectivity index (χ0n) is 11.1. The molecule has 2 aromatic rings. The van der Waals surface area contributed by atoms with Crippen molar-refractivity contribution in [3.63, 3.8) is 0 Å². The number of hydrogen-bond donors (Lipinski definition) is 1. The van der Waals surface area contributed by atoms with E-state index in [2.05, 4.69) is 29.3 Å². The first-order valence-electron chi connectivity index (χ1n) is 6.45. The molecule has 102 valence electrons. The van der Waals surface area contributed by atoms with E-state index in [-0.39, 0.29) is 12.4 Å². The van der Waals surface area contributed by atoms with Crippen LogP contribution < -0.4 is 5.73 Å². The maximum Gasteiger partial charge on any atom is 0.127 e. The van der Waals surface area contributed by atoms with Crippen LogP contribution in [0.2, 0.25) is 0 Å². The first-order valence-corrected chi connectivity index (χ1v) is 7.33. The molecular weight excluding hydrogens is 259 g/mol. The van der Waals surface area contributed by atoms with Crippen molar-refractivity contribution in [3.8, 4) is 0 Å². The number of rotatable bonds is 6. The Kier molecular flexibility index (Phi) is 5.07. The minimum absolute atomic E-state index is 0.215. The van der Waals surface area contributed by atoms with Gasteiger partial charge in [0.1, 0.15) is 5.82 Å². The Morgan fingerprint density at radius 2 is 2.11 bits per heavy atom. The van der Waals surface area contributed by atoms with Crippen LogP contribution in [-0.2, 0) is 19.6 Å². The number of halogens is 1. The predicted octanol–water partition coefficient (Wildman–Crippen LogP) is 3.37. The second-order valence-electron chi connectivity index (χ2n) is 4.51. The lowest BCUT2D eigenvalue weighted by molar-refractivity contribution is 0.273. The van der Waals surface area contributed by atoms with E-state index in [0.29, 0.717) is 5.56 Å². The fourth-order valence-corrected chi connectivity index (χ4v) is 2.79. The molecule has 2 nitrogen and oxygen atoms in total. The molecule has 1 aromatic carbocycles. The van der Waals surface area contributed by atoms with Crippen molar-refractivity contribution < 1.29 is 4.39 Å². The molecule has 0 saturated heterocycles. The van der Waals surface area contributed by atoms with Crippen LogP contribution in [0.15, 0.2) is 35.7 Å². The van der Waals surface area contributed by atoms with E-state index < -0.39 is 0 Å². The number of nitrogens with zero attached hydrogens (tertiary/aromatic N) is 1. The molecule has 2 N–H and O–H groups in total. The van der Waals surface area contributed by atoms with Crippen LogP contribution in [0.3, 0.4) is 0 Å². The third-order valence-electron chi connectivity index (χ3n) is 3.14. The van der Waals surface area contributed by atoms with Crippen molar-refractivity contribution in [3.05, 3.63) is 57.5 Å². The van der Waals surface area contributed by atoms with Crippen molar-refractivity contribution in [2.45, 2.75) is 26.6 Å². The van der Waals surface area contributed by atoms with Gasteiger partial charge in [0.2, 0.25) is 0 Å². The summed E-state index contributed by atoms with van der Waals surface area (Å²) in [5, 5.41) is 2.09. The fourth-order valence-electron chi connectivity index (χ4n) is 2.04. The molecule has 2 rings (SSSR count). The highest BCUT2D eigenvalue weighted by molar-refractivity contribution is 7.09. The molecule has 1 aromatic heterocycles. The zero-order valence-corrected chi connectivity index (χ0v) is 11.9. The molecule has 0 unspecified atom stereocenters. The summed E-state index contributed by atoms with van der Waals surface area (Å²) in [6.45, 7) is 5.11. The largest absolute Gasteiger partial charge is 0.326 e. The Bertz CT molecular complexity index is 511. The summed E-state index contributed by atoms with van der Waals surface area (Å²) in [4.78, 5) is 3.68. The summed E-state index contributed by atoms with van der Waals surface area (Å²) < 4.78 is 13.4. The van der Waals surface area contributed by atoms with E-state index in [1.165, 1.54) is 10.9 Å². The number of hydrogen-bond acceptors (Lipinski definition) is 3. The van der Waals surface area contributed by atoms with Gasteiger partial charge in [-0.2, -0.15) is 0 Å². The number of benzene rings is 1. The van der Waals surface area contributed by atoms with Gasteiger partial charge < -0.3 is 5.73 Å². The molecular formula is C15H19FN2S. The molecule has 0 saturated carbocycles. The van der Waals surface area contributed by atoms with Crippen LogP contribution >= 0.6 is 11.3 Å². The van der Waals surface area contributed by atoms with Crippen LogP contribution in [-0.4, -0.2) is 11.4 Å². The highest BCUT2D eigenvalue weighted by Gasteiger charge is 2.08. The highest BCUT2D eigenvalue weighted by Crippen LogP contribution is 2.16. The molecule has 19 heavy (non-hydrogen) atoms. The smallest absolute Gasteiger partial charge is 0.127 e. The molecule has 0 fully saturated rings. The van der Waals surface area contributed by atoms with E-state index in [9.17, 15) is 4.39 Å². The first kappa shape index (κ1) is 14.2. The van der Waals surface area contributed by atoms with Gasteiger partial charge in [0.25, 0.3) is 0 Å². The average Bonchev–Trinajstić information content (AvgIpc) is 2.93. The van der Waals surface area contributed by atoms with Crippen LogP contribution in [0.5, 0.6) is 0 Å². The highest BCUT2D eigenvalue weighted by atomic mass is 32.1. The Morgan fingerprint density at radius 1 is 1.26 bits per heavy atom. The minimum atomic E-state index is -0.215. The molecule has 0 amide bonds. The summed E-state index contributed by atoms with van der Waals surface area (Å²) in [5.41, 5.74) is 7.24. The van der Waals surface area contributed by atoms with Crippen molar-refractivity contribution in [1.82, 2.24) is 4.90 Å². The molecule has 0 aliphatic rings. The average molecular weight is 278 g/mol. The van der Waals surface area contributed by atoms with Gasteiger partial charge in [-0.3, -0.25) is 4.90 Å². The molecule has 0 atom stereocenters. The monoisotopic (exact) mass is 278 g/mol. The van der Waals surface area contributed by atoms with E-state index in [1.807, 2.05) is 12.1 Å². The Balaban J connectivity index is 2.05. The van der Waals surface area contributed by atoms with Crippen molar-refractivity contribution in [2.24, 2.45) is 5.73 Å². The summed E-state index contributed by atoms with van der Waals surface area (Å²) in [7, 11) is 0. The molecule has 0 radical (unpaired) electrons. The van der Waals surface area contributed by atoms with Gasteiger partial charge in [-0.15, -0.1) is 11.3 Å². The van der Waals surface area contributed by atoms with Crippen LogP contribution in [0.1, 0.15) is 22.9 Å². The summed E-state index contributed by atoms with van der Waals surface area (Å²) in [6, 6.07) is 9.43. The van der Waals surface area contributed by atoms with Crippen LogP contribution in [0.4, 0.5) is 4.39 Å². The summed E-state index contributed by atoms with van der Waals surface area (Å²) >= 11 is 1.77. The summed E-state index contributed by atoms with van der Waals surface area (Å²) in [6.07, 6.45) is 0. The molecule has 0 bridgehead atoms. The van der Waals surface area contributed by atoms with Crippen molar-refractivity contribution in [2.75, 3.05) is 6.54 Å². The first-order chi connectivity index (χ1) is 9.22. The van der Waals surface area contributed by atoms with Gasteiger partial charge in [-0.1, -0.05) is 25.1 Å². The third kappa shape index (κ3) is 3.86. The van der Waals surface area contributed by atoms with E-state index in [4.69, 9.17) is 5.73 Å². The zero-order chi connectivity index (χ0) is 13.7. The Morgan fingerprint density at radius 3 is 2.74 bits per heavy atom. The molecule has 1 heterocycles. The standard InChI is InChI=1S/C15H19FN2S/c1-2-18(11-14-4-3-7-19-14)10-12-5-6-15(16)13(8-12)9-17/h3-8H,2,9-11,17H2,1H3. The topological polar surface area (TPSA) is 29.3 Å². The van der Waals surface area contributed by atoms with Crippen molar-refractivity contribution in [1.29, 1.82) is 0 Å². The normalized spacial score (nSPS) is 11.2.